The molecule has 0 aliphatic heterocycles. The van der Waals surface area contributed by atoms with E-state index in [9.17, 15) is 0 Å². The van der Waals surface area contributed by atoms with Crippen LogP contribution in [0.4, 0.5) is 0 Å². The molecule has 0 atom stereocenters. The monoisotopic (exact) mass is 275 g/mol. The second-order valence-corrected chi connectivity index (χ2v) is 5.57. The first-order valence-electron chi connectivity index (χ1n) is 7.09. The lowest BCUT2D eigenvalue weighted by Crippen LogP contribution is -2.28. The smallest absolute Gasteiger partial charge is 0.134 e. The van der Waals surface area contributed by atoms with Gasteiger partial charge in [-0.1, -0.05) is 18.2 Å². The van der Waals surface area contributed by atoms with Crippen molar-refractivity contribution in [1.29, 1.82) is 0 Å². The molecule has 0 amide bonds. The van der Waals surface area contributed by atoms with Gasteiger partial charge in [0.25, 0.3) is 0 Å². The Morgan fingerprint density at radius 2 is 1.85 bits per heavy atom. The highest BCUT2D eigenvalue weighted by atomic mass is 16.3. The molecule has 0 bridgehead atoms. The molecule has 1 aromatic carbocycles. The van der Waals surface area contributed by atoms with Gasteiger partial charge in [-0.2, -0.15) is 0 Å². The Kier molecular flexibility index (Phi) is 5.17. The molecule has 4 nitrogen and oxygen atoms in total. The first-order valence-corrected chi connectivity index (χ1v) is 7.09. The number of nitrogens with zero attached hydrogens (tertiary/aromatic N) is 2. The third kappa shape index (κ3) is 3.60. The van der Waals surface area contributed by atoms with Gasteiger partial charge in [-0.05, 0) is 34.3 Å². The molecule has 1 heterocycles. The summed E-state index contributed by atoms with van der Waals surface area (Å²) in [7, 11) is 8.31. The van der Waals surface area contributed by atoms with E-state index >= 15 is 0 Å². The Balaban J connectivity index is 2.17. The summed E-state index contributed by atoms with van der Waals surface area (Å²) in [6.45, 7) is 3.77. The fourth-order valence-corrected chi connectivity index (χ4v) is 2.34. The molecule has 110 valence electrons. The van der Waals surface area contributed by atoms with Crippen molar-refractivity contribution in [2.24, 2.45) is 0 Å². The van der Waals surface area contributed by atoms with Crippen LogP contribution in [0, 0.1) is 0 Å². The summed E-state index contributed by atoms with van der Waals surface area (Å²) in [6.07, 6.45) is 0. The fraction of sp³-hybridized carbons (Fsp3) is 0.500. The maximum atomic E-state index is 6.03. The average Bonchev–Trinajstić information content (AvgIpc) is 2.75. The molecule has 1 aromatic heterocycles. The Bertz CT molecular complexity index is 548. The van der Waals surface area contributed by atoms with Crippen molar-refractivity contribution in [2.45, 2.75) is 13.1 Å². The van der Waals surface area contributed by atoms with E-state index in [1.165, 1.54) is 10.9 Å². The van der Waals surface area contributed by atoms with Crippen LogP contribution in [0.1, 0.15) is 11.3 Å². The van der Waals surface area contributed by atoms with Crippen LogP contribution in [0.5, 0.6) is 0 Å². The fourth-order valence-electron chi connectivity index (χ4n) is 2.34. The number of furan rings is 1. The molecular formula is C16H25N3O. The maximum absolute atomic E-state index is 6.03. The lowest BCUT2D eigenvalue weighted by atomic mass is 10.1. The lowest BCUT2D eigenvalue weighted by molar-refractivity contribution is 0.259. The molecule has 0 aliphatic carbocycles. The predicted octanol–water partition coefficient (Wildman–Crippen LogP) is 2.15. The van der Waals surface area contributed by atoms with Crippen molar-refractivity contribution in [1.82, 2.24) is 15.1 Å². The molecule has 20 heavy (non-hydrogen) atoms. The number of likely N-dealkylation sites (N-methyl/N-ethyl adjacent to an activating group) is 2. The quantitative estimate of drug-likeness (QED) is 0.839. The van der Waals surface area contributed by atoms with Crippen LogP contribution in [0.2, 0.25) is 0 Å². The zero-order valence-electron chi connectivity index (χ0n) is 12.9. The number of rotatable bonds is 7. The zero-order valence-corrected chi connectivity index (χ0v) is 12.9. The Morgan fingerprint density at radius 3 is 2.55 bits per heavy atom. The minimum Gasteiger partial charge on any atom is -0.459 e. The standard InChI is InChI=1S/C16H25N3O/c1-17-11-14-13-7-5-6-8-15(13)20-16(14)12-19(4)10-9-18(2)3/h5-8,17H,9-12H2,1-4H3. The first kappa shape index (κ1) is 15.0. The highest BCUT2D eigenvalue weighted by molar-refractivity contribution is 5.82. The molecule has 2 aromatic rings. The van der Waals surface area contributed by atoms with Crippen LogP contribution in [-0.2, 0) is 13.1 Å². The second-order valence-electron chi connectivity index (χ2n) is 5.57. The minimum absolute atomic E-state index is 0.841. The summed E-state index contributed by atoms with van der Waals surface area (Å²) in [5, 5.41) is 4.46. The lowest BCUT2D eigenvalue weighted by Gasteiger charge is -2.18. The third-order valence-electron chi connectivity index (χ3n) is 3.48. The van der Waals surface area contributed by atoms with E-state index in [0.29, 0.717) is 0 Å². The predicted molar refractivity (Wildman–Crippen MR) is 83.9 cm³/mol. The van der Waals surface area contributed by atoms with Crippen molar-refractivity contribution in [2.75, 3.05) is 41.3 Å². The third-order valence-corrected chi connectivity index (χ3v) is 3.48. The molecule has 0 aliphatic rings. The van der Waals surface area contributed by atoms with Crippen molar-refractivity contribution in [3.05, 3.63) is 35.6 Å². The molecule has 0 unspecified atom stereocenters. The zero-order chi connectivity index (χ0) is 14.5. The Hall–Kier alpha value is -1.36. The molecule has 1 N–H and O–H groups in total. The molecule has 0 saturated heterocycles. The van der Waals surface area contributed by atoms with E-state index in [-0.39, 0.29) is 0 Å². The van der Waals surface area contributed by atoms with Crippen molar-refractivity contribution < 1.29 is 4.42 Å². The van der Waals surface area contributed by atoms with Crippen molar-refractivity contribution >= 4 is 11.0 Å². The number of hydrogen-bond acceptors (Lipinski definition) is 4. The van der Waals surface area contributed by atoms with E-state index in [4.69, 9.17) is 4.42 Å². The SMILES string of the molecule is CNCc1c(CN(C)CCN(C)C)oc2ccccc12. The highest BCUT2D eigenvalue weighted by Gasteiger charge is 2.14. The molecule has 0 fully saturated rings. The molecule has 0 radical (unpaired) electrons. The summed E-state index contributed by atoms with van der Waals surface area (Å²) >= 11 is 0. The topological polar surface area (TPSA) is 31.6 Å². The van der Waals surface area contributed by atoms with Gasteiger partial charge in [0.15, 0.2) is 0 Å². The normalized spacial score (nSPS) is 11.9. The van der Waals surface area contributed by atoms with Crippen LogP contribution in [-0.4, -0.2) is 51.1 Å². The van der Waals surface area contributed by atoms with Crippen LogP contribution >= 0.6 is 0 Å². The number of para-hydroxylation sites is 1. The summed E-state index contributed by atoms with van der Waals surface area (Å²) in [4.78, 5) is 4.50. The molecule has 0 saturated carbocycles. The number of fused-ring (bicyclic) bond motifs is 1. The molecule has 4 heteroatoms. The van der Waals surface area contributed by atoms with E-state index in [2.05, 4.69) is 48.4 Å². The maximum Gasteiger partial charge on any atom is 0.134 e. The van der Waals surface area contributed by atoms with Gasteiger partial charge in [-0.15, -0.1) is 0 Å². The van der Waals surface area contributed by atoms with Gasteiger partial charge in [-0.3, -0.25) is 4.90 Å². The van der Waals surface area contributed by atoms with Gasteiger partial charge in [0, 0.05) is 30.6 Å². The summed E-state index contributed by atoms with van der Waals surface area (Å²) in [5.74, 6) is 1.07. The van der Waals surface area contributed by atoms with Crippen LogP contribution < -0.4 is 5.32 Å². The molecule has 0 spiro atoms. The number of nitrogens with one attached hydrogen (secondary N) is 1. The Morgan fingerprint density at radius 1 is 1.10 bits per heavy atom. The van der Waals surface area contributed by atoms with Gasteiger partial charge >= 0.3 is 0 Å². The largest absolute Gasteiger partial charge is 0.459 e. The van der Waals surface area contributed by atoms with E-state index in [1.807, 2.05) is 19.2 Å². The van der Waals surface area contributed by atoms with E-state index in [0.717, 1.165) is 37.5 Å². The van der Waals surface area contributed by atoms with E-state index < -0.39 is 0 Å². The van der Waals surface area contributed by atoms with Gasteiger partial charge in [0.2, 0.25) is 0 Å². The van der Waals surface area contributed by atoms with E-state index in [1.54, 1.807) is 0 Å². The summed E-state index contributed by atoms with van der Waals surface area (Å²) in [6, 6.07) is 8.26. The second kappa shape index (κ2) is 6.88. The van der Waals surface area contributed by atoms with Gasteiger partial charge in [0.05, 0.1) is 6.54 Å². The van der Waals surface area contributed by atoms with Crippen LogP contribution in [0.25, 0.3) is 11.0 Å². The number of benzene rings is 1. The molecular weight excluding hydrogens is 250 g/mol. The van der Waals surface area contributed by atoms with Crippen molar-refractivity contribution in [3.63, 3.8) is 0 Å². The van der Waals surface area contributed by atoms with Gasteiger partial charge in [-0.25, -0.2) is 0 Å². The van der Waals surface area contributed by atoms with Gasteiger partial charge < -0.3 is 14.6 Å². The van der Waals surface area contributed by atoms with Crippen LogP contribution in [0.15, 0.2) is 28.7 Å². The first-order chi connectivity index (χ1) is 9.61. The van der Waals surface area contributed by atoms with Crippen molar-refractivity contribution in [3.8, 4) is 0 Å². The Labute approximate surface area is 121 Å². The highest BCUT2D eigenvalue weighted by Crippen LogP contribution is 2.26. The van der Waals surface area contributed by atoms with Gasteiger partial charge in [0.1, 0.15) is 11.3 Å². The summed E-state index contributed by atoms with van der Waals surface area (Å²) < 4.78 is 6.03. The van der Waals surface area contributed by atoms with Crippen LogP contribution in [0.3, 0.4) is 0 Å². The average molecular weight is 275 g/mol. The number of hydrogen-bond donors (Lipinski definition) is 1. The minimum atomic E-state index is 0.841. The summed E-state index contributed by atoms with van der Waals surface area (Å²) in [5.41, 5.74) is 2.26. The molecule has 2 rings (SSSR count).